The van der Waals surface area contributed by atoms with Gasteiger partial charge in [-0.15, -0.1) is 0 Å². The summed E-state index contributed by atoms with van der Waals surface area (Å²) in [7, 11) is 0. The van der Waals surface area contributed by atoms with Crippen molar-refractivity contribution in [2.75, 3.05) is 0 Å². The normalized spacial score (nSPS) is 12.2. The molecule has 1 unspecified atom stereocenters. The number of hydrogen-bond donors (Lipinski definition) is 2. The van der Waals surface area contributed by atoms with Gasteiger partial charge in [0.05, 0.1) is 0 Å². The maximum Gasteiger partial charge on any atom is 0.442 e. The molecule has 3 aromatic rings. The van der Waals surface area contributed by atoms with Crippen LogP contribution in [0.1, 0.15) is 11.7 Å². The summed E-state index contributed by atoms with van der Waals surface area (Å²) in [5.41, 5.74) is 1.19. The first-order chi connectivity index (χ1) is 11.0. The second kappa shape index (κ2) is 5.54. The molecule has 0 bridgehead atoms. The molecule has 0 aliphatic carbocycles. The van der Waals surface area contributed by atoms with Gasteiger partial charge in [-0.2, -0.15) is 0 Å². The van der Waals surface area contributed by atoms with E-state index < -0.39 is 22.9 Å². The SMILES string of the molecule is O=C(O)C(O)c1ccc2oc([N+](=O)[O-])c(-c3ccccc3)c2c1. The van der Waals surface area contributed by atoms with E-state index in [9.17, 15) is 20.0 Å². The molecule has 0 aliphatic heterocycles. The topological polar surface area (TPSA) is 114 Å². The van der Waals surface area contributed by atoms with Gasteiger partial charge in [0.2, 0.25) is 0 Å². The number of carbonyl (C=O) groups is 1. The highest BCUT2D eigenvalue weighted by molar-refractivity contribution is 5.99. The van der Waals surface area contributed by atoms with Crippen LogP contribution in [0.3, 0.4) is 0 Å². The molecule has 2 aromatic carbocycles. The van der Waals surface area contributed by atoms with E-state index in [1.165, 1.54) is 18.2 Å². The molecule has 0 fully saturated rings. The predicted molar refractivity (Wildman–Crippen MR) is 80.9 cm³/mol. The molecule has 0 amide bonds. The molecule has 0 saturated carbocycles. The first-order valence-corrected chi connectivity index (χ1v) is 6.66. The number of furan rings is 1. The first-order valence-electron chi connectivity index (χ1n) is 6.66. The van der Waals surface area contributed by atoms with Crippen LogP contribution in [0, 0.1) is 10.1 Å². The minimum Gasteiger partial charge on any atom is -0.479 e. The van der Waals surface area contributed by atoms with Crippen molar-refractivity contribution in [2.24, 2.45) is 0 Å². The molecule has 23 heavy (non-hydrogen) atoms. The summed E-state index contributed by atoms with van der Waals surface area (Å²) >= 11 is 0. The first kappa shape index (κ1) is 14.7. The summed E-state index contributed by atoms with van der Waals surface area (Å²) in [6.07, 6.45) is -1.71. The van der Waals surface area contributed by atoms with E-state index >= 15 is 0 Å². The number of nitrogens with zero attached hydrogens (tertiary/aromatic N) is 1. The van der Waals surface area contributed by atoms with E-state index in [1.807, 2.05) is 0 Å². The Bertz CT molecular complexity index is 900. The quantitative estimate of drug-likeness (QED) is 0.565. The molecule has 2 N–H and O–H groups in total. The molecule has 7 nitrogen and oxygen atoms in total. The van der Waals surface area contributed by atoms with E-state index in [4.69, 9.17) is 9.52 Å². The lowest BCUT2D eigenvalue weighted by Gasteiger charge is -2.05. The fourth-order valence-corrected chi connectivity index (χ4v) is 2.43. The van der Waals surface area contributed by atoms with E-state index in [-0.39, 0.29) is 16.7 Å². The van der Waals surface area contributed by atoms with Crippen LogP contribution in [-0.2, 0) is 4.79 Å². The molecule has 7 heteroatoms. The largest absolute Gasteiger partial charge is 0.479 e. The van der Waals surface area contributed by atoms with E-state index in [0.717, 1.165) is 0 Å². The van der Waals surface area contributed by atoms with E-state index in [0.29, 0.717) is 10.9 Å². The van der Waals surface area contributed by atoms with E-state index in [2.05, 4.69) is 0 Å². The van der Waals surface area contributed by atoms with Crippen LogP contribution in [-0.4, -0.2) is 21.1 Å². The second-order valence-electron chi connectivity index (χ2n) is 4.90. The molecule has 1 atom stereocenters. The zero-order chi connectivity index (χ0) is 16.6. The average molecular weight is 313 g/mol. The van der Waals surface area contributed by atoms with Gasteiger partial charge < -0.3 is 14.6 Å². The Labute approximate surface area is 129 Å². The summed E-state index contributed by atoms with van der Waals surface area (Å²) in [5.74, 6) is -1.82. The molecule has 1 heterocycles. The number of rotatable bonds is 4. The van der Waals surface area contributed by atoms with Crippen LogP contribution in [0.5, 0.6) is 0 Å². The van der Waals surface area contributed by atoms with Crippen LogP contribution in [0.25, 0.3) is 22.1 Å². The Morgan fingerprint density at radius 1 is 1.17 bits per heavy atom. The molecule has 0 aliphatic rings. The van der Waals surface area contributed by atoms with Gasteiger partial charge in [-0.05, 0) is 23.3 Å². The van der Waals surface area contributed by atoms with Gasteiger partial charge >= 0.3 is 11.9 Å². The zero-order valence-corrected chi connectivity index (χ0v) is 11.7. The summed E-state index contributed by atoms with van der Waals surface area (Å²) in [6.45, 7) is 0. The minimum absolute atomic E-state index is 0.123. The summed E-state index contributed by atoms with van der Waals surface area (Å²) < 4.78 is 5.28. The smallest absolute Gasteiger partial charge is 0.442 e. The highest BCUT2D eigenvalue weighted by Gasteiger charge is 2.26. The van der Waals surface area contributed by atoms with Crippen molar-refractivity contribution in [1.29, 1.82) is 0 Å². The lowest BCUT2D eigenvalue weighted by molar-refractivity contribution is -0.400. The van der Waals surface area contributed by atoms with Crippen molar-refractivity contribution < 1.29 is 24.3 Å². The number of aliphatic hydroxyl groups excluding tert-OH is 1. The third-order valence-electron chi connectivity index (χ3n) is 3.47. The van der Waals surface area contributed by atoms with Gasteiger partial charge in [0, 0.05) is 5.39 Å². The van der Waals surface area contributed by atoms with Gasteiger partial charge in [-0.1, -0.05) is 36.4 Å². The molecule has 0 saturated heterocycles. The summed E-state index contributed by atoms with van der Waals surface area (Å²) in [5, 5.41) is 30.2. The number of hydrogen-bond acceptors (Lipinski definition) is 5. The van der Waals surface area contributed by atoms with Crippen molar-refractivity contribution in [3.8, 4) is 11.1 Å². The Morgan fingerprint density at radius 2 is 1.87 bits per heavy atom. The van der Waals surface area contributed by atoms with Crippen molar-refractivity contribution in [1.82, 2.24) is 0 Å². The number of fused-ring (bicyclic) bond motifs is 1. The van der Waals surface area contributed by atoms with Crippen LogP contribution in [0.4, 0.5) is 5.88 Å². The van der Waals surface area contributed by atoms with Gasteiger partial charge in [0.25, 0.3) is 0 Å². The third kappa shape index (κ3) is 2.53. The molecule has 1 aromatic heterocycles. The number of aliphatic carboxylic acids is 1. The van der Waals surface area contributed by atoms with Crippen LogP contribution in [0.15, 0.2) is 52.9 Å². The standard InChI is InChI=1S/C16H11NO6/c18-14(16(19)20)10-6-7-12-11(8-10)13(15(23-12)17(21)22)9-4-2-1-3-5-9/h1-8,14,18H,(H,19,20). The second-order valence-corrected chi connectivity index (χ2v) is 4.90. The Hall–Kier alpha value is -3.19. The molecular weight excluding hydrogens is 302 g/mol. The lowest BCUT2D eigenvalue weighted by Crippen LogP contribution is -2.10. The van der Waals surface area contributed by atoms with Crippen LogP contribution in [0.2, 0.25) is 0 Å². The lowest BCUT2D eigenvalue weighted by atomic mass is 10.0. The minimum atomic E-state index is -1.71. The van der Waals surface area contributed by atoms with Gasteiger partial charge in [0.15, 0.2) is 6.10 Å². The van der Waals surface area contributed by atoms with Crippen molar-refractivity contribution in [3.05, 3.63) is 64.2 Å². The zero-order valence-electron chi connectivity index (χ0n) is 11.7. The fraction of sp³-hybridized carbons (Fsp3) is 0.0625. The third-order valence-corrected chi connectivity index (χ3v) is 3.47. The van der Waals surface area contributed by atoms with Crippen molar-refractivity contribution in [3.63, 3.8) is 0 Å². The highest BCUT2D eigenvalue weighted by atomic mass is 16.6. The monoisotopic (exact) mass is 313 g/mol. The molecule has 0 spiro atoms. The van der Waals surface area contributed by atoms with Crippen LogP contribution < -0.4 is 0 Å². The molecular formula is C16H11NO6. The van der Waals surface area contributed by atoms with Crippen LogP contribution >= 0.6 is 0 Å². The Kier molecular flexibility index (Phi) is 3.55. The van der Waals surface area contributed by atoms with Gasteiger partial charge in [-0.25, -0.2) is 4.79 Å². The molecule has 116 valence electrons. The van der Waals surface area contributed by atoms with Crippen molar-refractivity contribution >= 4 is 22.8 Å². The Balaban J connectivity index is 2.30. The fourth-order valence-electron chi connectivity index (χ4n) is 2.43. The number of aliphatic hydroxyl groups is 1. The Morgan fingerprint density at radius 3 is 2.48 bits per heavy atom. The summed E-state index contributed by atoms with van der Waals surface area (Å²) in [6, 6.07) is 12.8. The number of carboxylic acid groups (broad SMARTS) is 1. The number of carboxylic acids is 1. The van der Waals surface area contributed by atoms with Gasteiger partial charge in [-0.3, -0.25) is 10.1 Å². The maximum absolute atomic E-state index is 11.3. The van der Waals surface area contributed by atoms with Gasteiger partial charge in [0.1, 0.15) is 16.1 Å². The number of nitro groups is 1. The summed E-state index contributed by atoms with van der Waals surface area (Å²) in [4.78, 5) is 21.6. The molecule has 3 rings (SSSR count). The highest BCUT2D eigenvalue weighted by Crippen LogP contribution is 2.40. The average Bonchev–Trinajstić information content (AvgIpc) is 2.93. The van der Waals surface area contributed by atoms with E-state index in [1.54, 1.807) is 30.3 Å². The number of benzene rings is 2. The van der Waals surface area contributed by atoms with Crippen molar-refractivity contribution in [2.45, 2.75) is 6.10 Å². The predicted octanol–water partition coefficient (Wildman–Crippen LogP) is 3.13. The maximum atomic E-state index is 11.3. The molecule has 0 radical (unpaired) electrons.